The lowest BCUT2D eigenvalue weighted by molar-refractivity contribution is -0.172. The average Bonchev–Trinajstić information content (AvgIpc) is 3.56. The van der Waals surface area contributed by atoms with Gasteiger partial charge in [0, 0.05) is 72.1 Å². The molecule has 1 aliphatic rings. The number of amides is 5. The predicted octanol–water partition coefficient (Wildman–Crippen LogP) is 2.53. The Kier molecular flexibility index (Phi) is 20.6. The van der Waals surface area contributed by atoms with Crippen LogP contribution in [0, 0.1) is 15.4 Å². The van der Waals surface area contributed by atoms with Crippen molar-refractivity contribution in [3.63, 3.8) is 0 Å². The van der Waals surface area contributed by atoms with Crippen molar-refractivity contribution in [3.05, 3.63) is 68.8 Å². The van der Waals surface area contributed by atoms with E-state index in [-0.39, 0.29) is 49.3 Å². The zero-order valence-electron chi connectivity index (χ0n) is 34.2. The molecule has 1 fully saturated rings. The van der Waals surface area contributed by atoms with Crippen LogP contribution in [0.15, 0.2) is 48.5 Å². The van der Waals surface area contributed by atoms with E-state index in [0.717, 1.165) is 9.64 Å². The molecule has 2 aromatic carbocycles. The molecule has 344 valence electrons. The summed E-state index contributed by atoms with van der Waals surface area (Å²) in [5.41, 5.74) is -0.0832. The number of carbonyl (C=O) groups excluding carboxylic acids is 8. The summed E-state index contributed by atoms with van der Waals surface area (Å²) < 4.78 is 0.855. The van der Waals surface area contributed by atoms with Crippen LogP contribution in [0.2, 0.25) is 0 Å². The van der Waals surface area contributed by atoms with Crippen LogP contribution in [0.5, 0.6) is 0 Å². The number of hydrogen-bond donors (Lipinski definition) is 7. The number of nitrogens with one attached hydrogen (secondary N) is 3. The molecule has 1 heterocycles. The number of carbonyl (C=O) groups is 12. The first kappa shape index (κ1) is 51.8. The van der Waals surface area contributed by atoms with Gasteiger partial charge < -0.3 is 41.2 Å². The van der Waals surface area contributed by atoms with Crippen molar-refractivity contribution in [2.45, 2.75) is 95.6 Å². The van der Waals surface area contributed by atoms with E-state index in [1.165, 1.54) is 18.2 Å². The molecule has 1 aliphatic heterocycles. The van der Waals surface area contributed by atoms with Crippen LogP contribution in [-0.4, -0.2) is 115 Å². The Labute approximate surface area is 378 Å². The van der Waals surface area contributed by atoms with Gasteiger partial charge in [0.2, 0.25) is 5.91 Å². The molecule has 21 nitrogen and oxygen atoms in total. The van der Waals surface area contributed by atoms with Crippen LogP contribution < -0.4 is 16.0 Å². The summed E-state index contributed by atoms with van der Waals surface area (Å²) in [6.07, 6.45) is -4.67. The molecular formula is C42H47IN4O17. The molecule has 0 bridgehead atoms. The van der Waals surface area contributed by atoms with Crippen molar-refractivity contribution in [2.24, 2.45) is 11.8 Å². The summed E-state index contributed by atoms with van der Waals surface area (Å²) >= 11 is 2.06. The van der Waals surface area contributed by atoms with Crippen LogP contribution >= 0.6 is 22.6 Å². The van der Waals surface area contributed by atoms with Gasteiger partial charge in [0.05, 0.1) is 23.6 Å². The number of hydroxylamine groups is 2. The van der Waals surface area contributed by atoms with Crippen LogP contribution in [0.3, 0.4) is 0 Å². The second-order valence-corrected chi connectivity index (χ2v) is 16.0. The number of benzene rings is 2. The zero-order valence-corrected chi connectivity index (χ0v) is 36.4. The molecule has 0 aliphatic carbocycles. The number of halogens is 1. The van der Waals surface area contributed by atoms with Gasteiger partial charge in [-0.15, -0.1) is 5.06 Å². The van der Waals surface area contributed by atoms with Crippen molar-refractivity contribution in [1.82, 2.24) is 21.0 Å². The van der Waals surface area contributed by atoms with Crippen molar-refractivity contribution in [2.75, 3.05) is 6.54 Å². The predicted molar refractivity (Wildman–Crippen MR) is 226 cm³/mol. The van der Waals surface area contributed by atoms with Gasteiger partial charge in [-0.25, -0.2) is 4.79 Å². The van der Waals surface area contributed by atoms with E-state index < -0.39 is 140 Å². The van der Waals surface area contributed by atoms with Gasteiger partial charge in [0.25, 0.3) is 23.6 Å². The van der Waals surface area contributed by atoms with Crippen molar-refractivity contribution in [1.29, 1.82) is 0 Å². The highest BCUT2D eigenvalue weighted by Crippen LogP contribution is 2.21. The van der Waals surface area contributed by atoms with Gasteiger partial charge in [-0.05, 0) is 91.1 Å². The Balaban J connectivity index is 1.72. The van der Waals surface area contributed by atoms with E-state index in [9.17, 15) is 78.0 Å². The Hall–Kier alpha value is -6.59. The van der Waals surface area contributed by atoms with E-state index in [0.29, 0.717) is 17.0 Å². The summed E-state index contributed by atoms with van der Waals surface area (Å²) in [5, 5.41) is 45.7. The Morgan fingerprint density at radius 1 is 0.625 bits per heavy atom. The molecular weight excluding hydrogens is 959 g/mol. The first-order chi connectivity index (χ1) is 30.2. The minimum Gasteiger partial charge on any atom is -0.481 e. The summed E-state index contributed by atoms with van der Waals surface area (Å²) in [4.78, 5) is 155. The summed E-state index contributed by atoms with van der Waals surface area (Å²) in [6.45, 7) is 0.204. The lowest BCUT2D eigenvalue weighted by Gasteiger charge is -2.24. The van der Waals surface area contributed by atoms with E-state index in [4.69, 9.17) is 4.84 Å². The Bertz CT molecular complexity index is 2130. The summed E-state index contributed by atoms with van der Waals surface area (Å²) in [7, 11) is 0. The molecule has 22 heteroatoms. The topological polar surface area (TPSA) is 334 Å². The van der Waals surface area contributed by atoms with E-state index in [1.54, 1.807) is 18.2 Å². The first-order valence-electron chi connectivity index (χ1n) is 20.0. The maximum atomic E-state index is 13.7. The fourth-order valence-electron chi connectivity index (χ4n) is 6.43. The molecule has 4 atom stereocenters. The second-order valence-electron chi connectivity index (χ2n) is 14.8. The van der Waals surface area contributed by atoms with Crippen molar-refractivity contribution < 1.29 is 82.8 Å². The molecule has 0 spiro atoms. The van der Waals surface area contributed by atoms with Gasteiger partial charge in [-0.2, -0.15) is 0 Å². The molecule has 7 N–H and O–H groups in total. The Morgan fingerprint density at radius 3 is 1.70 bits per heavy atom. The standard InChI is InChI=1S/C42H47IN4O17/c43-28-9-4-7-24(20-28)38(58)44-18-2-1-5-26(41(61)62)22-32(49)30(12-17-37(56)57)46-40(60)25(10-15-35(52)53)21-31(48)29(11-16-36(54)55)45-39(59)23-6-3-8-27(19-23)42(63)64-47-33(50)13-14-34(47)51/h3-4,6-9,19-20,25-26,29-30H,1-2,5,10-18,21-22H2,(H,44,58)(H,45,59)(H,46,60)(H,52,53)(H,54,55)(H,56,57)(H,61,62)/t25-,26-,29+,30+/m0/s1. The number of carboxylic acid groups (broad SMARTS) is 4. The van der Waals surface area contributed by atoms with Crippen LogP contribution in [-0.2, 0) is 48.0 Å². The quantitative estimate of drug-likeness (QED) is 0.0366. The van der Waals surface area contributed by atoms with Gasteiger partial charge in [0.1, 0.15) is 0 Å². The van der Waals surface area contributed by atoms with Gasteiger partial charge in [-0.3, -0.25) is 52.7 Å². The zero-order chi connectivity index (χ0) is 47.5. The number of imide groups is 1. The highest BCUT2D eigenvalue weighted by atomic mass is 127. The number of nitrogens with zero attached hydrogens (tertiary/aromatic N) is 1. The fourth-order valence-corrected chi connectivity index (χ4v) is 6.97. The molecule has 0 saturated carbocycles. The van der Waals surface area contributed by atoms with Crippen LogP contribution in [0.25, 0.3) is 0 Å². The van der Waals surface area contributed by atoms with Gasteiger partial charge in [-0.1, -0.05) is 18.6 Å². The lowest BCUT2D eigenvalue weighted by Crippen LogP contribution is -2.47. The number of aliphatic carboxylic acids is 4. The van der Waals surface area contributed by atoms with E-state index in [2.05, 4.69) is 38.5 Å². The van der Waals surface area contributed by atoms with Gasteiger partial charge in [0.15, 0.2) is 11.6 Å². The van der Waals surface area contributed by atoms with Crippen molar-refractivity contribution >= 4 is 93.5 Å². The number of ketones is 2. The number of carboxylic acids is 4. The number of Topliss-reactive ketones (excluding diaryl/α,β-unsaturated/α-hetero) is 2. The molecule has 2 aromatic rings. The Morgan fingerprint density at radius 2 is 1.14 bits per heavy atom. The lowest BCUT2D eigenvalue weighted by atomic mass is 9.89. The third-order valence-corrected chi connectivity index (χ3v) is 10.6. The smallest absolute Gasteiger partial charge is 0.363 e. The van der Waals surface area contributed by atoms with Gasteiger partial charge >= 0.3 is 29.8 Å². The fraction of sp³-hybridized carbons (Fsp3) is 0.429. The highest BCUT2D eigenvalue weighted by Gasteiger charge is 2.35. The van der Waals surface area contributed by atoms with E-state index in [1.807, 2.05) is 6.07 Å². The van der Waals surface area contributed by atoms with Crippen molar-refractivity contribution in [3.8, 4) is 0 Å². The molecule has 1 saturated heterocycles. The summed E-state index contributed by atoms with van der Waals surface area (Å²) in [6, 6.07) is 8.36. The molecule has 0 radical (unpaired) electrons. The molecule has 0 aromatic heterocycles. The largest absolute Gasteiger partial charge is 0.481 e. The van der Waals surface area contributed by atoms with E-state index >= 15 is 0 Å². The molecule has 64 heavy (non-hydrogen) atoms. The normalized spacial score (nSPS) is 14.0. The minimum absolute atomic E-state index is 0.0199. The maximum absolute atomic E-state index is 13.7. The SMILES string of the molecule is O=C(O)CC[C@@H](CC(=O)[C@@H](CCC(=O)O)NC(=O)c1cccc(C(=O)ON2C(=O)CCC2=O)c1)C(=O)N[C@H](CCC(=O)O)C(=O)C[C@H](CCCCNC(=O)c1cccc(I)c1)C(=O)O. The summed E-state index contributed by atoms with van der Waals surface area (Å²) in [5.74, 6) is -15.1. The average molecular weight is 1010 g/mol. The molecule has 0 unspecified atom stereocenters. The van der Waals surface area contributed by atoms with Crippen LogP contribution in [0.1, 0.15) is 115 Å². The third-order valence-electron chi connectivity index (χ3n) is 9.91. The molecule has 3 rings (SSSR count). The first-order valence-corrected chi connectivity index (χ1v) is 21.1. The number of unbranched alkanes of at least 4 members (excludes halogenated alkanes) is 1. The second kappa shape index (κ2) is 25.5. The number of hydrogen-bond acceptors (Lipinski definition) is 13. The molecule has 5 amide bonds. The third kappa shape index (κ3) is 17.3. The minimum atomic E-state index is -1.60. The maximum Gasteiger partial charge on any atom is 0.363 e. The van der Waals surface area contributed by atoms with Crippen LogP contribution in [0.4, 0.5) is 0 Å². The highest BCUT2D eigenvalue weighted by molar-refractivity contribution is 14.1. The number of rotatable bonds is 28. The monoisotopic (exact) mass is 1010 g/mol.